The molecular weight excluding hydrogens is 266 g/mol. The van der Waals surface area contributed by atoms with E-state index in [9.17, 15) is 4.79 Å². The van der Waals surface area contributed by atoms with Gasteiger partial charge in [0.15, 0.2) is 5.78 Å². The van der Waals surface area contributed by atoms with E-state index >= 15 is 0 Å². The van der Waals surface area contributed by atoms with Crippen molar-refractivity contribution < 1.29 is 14.3 Å². The van der Waals surface area contributed by atoms with Gasteiger partial charge in [-0.25, -0.2) is 0 Å². The van der Waals surface area contributed by atoms with Crippen LogP contribution in [0.2, 0.25) is 0 Å². The van der Waals surface area contributed by atoms with Gasteiger partial charge < -0.3 is 14.8 Å². The fourth-order valence-electron chi connectivity index (χ4n) is 3.80. The van der Waals surface area contributed by atoms with Crippen LogP contribution < -0.4 is 5.32 Å². The fraction of sp³-hybridized carbons (Fsp3) is 0.588. The molecule has 1 spiro atoms. The number of nitrogens with one attached hydrogen (secondary N) is 1. The Bertz CT molecular complexity index is 563. The molecule has 3 aliphatic heterocycles. The van der Waals surface area contributed by atoms with Crippen LogP contribution in [-0.2, 0) is 22.6 Å². The Balaban J connectivity index is 1.54. The molecule has 2 fully saturated rings. The molecule has 112 valence electrons. The molecule has 0 bridgehead atoms. The summed E-state index contributed by atoms with van der Waals surface area (Å²) in [7, 11) is 0. The van der Waals surface area contributed by atoms with Crippen LogP contribution in [0.3, 0.4) is 0 Å². The van der Waals surface area contributed by atoms with Crippen molar-refractivity contribution in [1.82, 2.24) is 5.32 Å². The monoisotopic (exact) mass is 287 g/mol. The predicted molar refractivity (Wildman–Crippen MR) is 78.2 cm³/mol. The van der Waals surface area contributed by atoms with E-state index in [4.69, 9.17) is 9.47 Å². The molecule has 1 N–H and O–H groups in total. The third-order valence-corrected chi connectivity index (χ3v) is 5.05. The summed E-state index contributed by atoms with van der Waals surface area (Å²) < 4.78 is 11.4. The molecule has 0 radical (unpaired) electrons. The lowest BCUT2D eigenvalue weighted by Crippen LogP contribution is -2.42. The zero-order valence-corrected chi connectivity index (χ0v) is 12.2. The minimum absolute atomic E-state index is 0.0767. The van der Waals surface area contributed by atoms with Crippen molar-refractivity contribution in [1.29, 1.82) is 0 Å². The fourth-order valence-corrected chi connectivity index (χ4v) is 3.80. The Morgan fingerprint density at radius 3 is 3.00 bits per heavy atom. The van der Waals surface area contributed by atoms with E-state index in [1.807, 2.05) is 6.07 Å². The van der Waals surface area contributed by atoms with Crippen molar-refractivity contribution in [2.24, 2.45) is 5.92 Å². The van der Waals surface area contributed by atoms with Crippen LogP contribution in [0.15, 0.2) is 18.2 Å². The molecule has 2 unspecified atom stereocenters. The van der Waals surface area contributed by atoms with E-state index in [1.54, 1.807) is 0 Å². The topological polar surface area (TPSA) is 47.6 Å². The number of hydrogen-bond donors (Lipinski definition) is 1. The number of hydrogen-bond acceptors (Lipinski definition) is 4. The molecule has 0 aliphatic carbocycles. The van der Waals surface area contributed by atoms with E-state index in [2.05, 4.69) is 17.4 Å². The number of fused-ring (bicyclic) bond motifs is 1. The SMILES string of the molecule is O=C(c1ccc2c(c1)CNC2)C1CCOC2(CCOC2)C1. The Labute approximate surface area is 124 Å². The summed E-state index contributed by atoms with van der Waals surface area (Å²) in [6.07, 6.45) is 2.56. The average Bonchev–Trinajstić information content (AvgIpc) is 3.15. The van der Waals surface area contributed by atoms with Crippen LogP contribution in [-0.4, -0.2) is 31.2 Å². The number of Topliss-reactive ketones (excluding diaryl/α,β-unsaturated/α-hetero) is 1. The van der Waals surface area contributed by atoms with Crippen molar-refractivity contribution in [3.05, 3.63) is 34.9 Å². The predicted octanol–water partition coefficient (Wildman–Crippen LogP) is 2.06. The second-order valence-corrected chi connectivity index (χ2v) is 6.48. The third-order valence-electron chi connectivity index (χ3n) is 5.05. The van der Waals surface area contributed by atoms with E-state index in [0.29, 0.717) is 13.2 Å². The molecule has 2 saturated heterocycles. The second kappa shape index (κ2) is 5.20. The quantitative estimate of drug-likeness (QED) is 0.846. The zero-order chi connectivity index (χ0) is 14.3. The van der Waals surface area contributed by atoms with E-state index in [-0.39, 0.29) is 17.3 Å². The van der Waals surface area contributed by atoms with E-state index < -0.39 is 0 Å². The van der Waals surface area contributed by atoms with Crippen molar-refractivity contribution >= 4 is 5.78 Å². The summed E-state index contributed by atoms with van der Waals surface area (Å²) in [6, 6.07) is 6.16. The lowest BCUT2D eigenvalue weighted by Gasteiger charge is -2.36. The first-order valence-corrected chi connectivity index (χ1v) is 7.84. The first-order valence-electron chi connectivity index (χ1n) is 7.84. The molecule has 3 heterocycles. The number of carbonyl (C=O) groups is 1. The van der Waals surface area contributed by atoms with Crippen LogP contribution in [0.4, 0.5) is 0 Å². The number of benzene rings is 1. The lowest BCUT2D eigenvalue weighted by atomic mass is 9.81. The average molecular weight is 287 g/mol. The van der Waals surface area contributed by atoms with Gasteiger partial charge in [-0.2, -0.15) is 0 Å². The van der Waals surface area contributed by atoms with Crippen LogP contribution in [0, 0.1) is 5.92 Å². The Morgan fingerprint density at radius 2 is 2.14 bits per heavy atom. The maximum atomic E-state index is 12.8. The van der Waals surface area contributed by atoms with Crippen molar-refractivity contribution in [2.45, 2.75) is 38.0 Å². The maximum absolute atomic E-state index is 12.8. The third kappa shape index (κ3) is 2.41. The smallest absolute Gasteiger partial charge is 0.166 e. The van der Waals surface area contributed by atoms with Crippen molar-refractivity contribution in [3.8, 4) is 0 Å². The lowest BCUT2D eigenvalue weighted by molar-refractivity contribution is -0.0920. The van der Waals surface area contributed by atoms with Gasteiger partial charge in [0, 0.05) is 44.2 Å². The molecule has 0 saturated carbocycles. The molecule has 1 aromatic carbocycles. The van der Waals surface area contributed by atoms with Gasteiger partial charge in [0.2, 0.25) is 0 Å². The largest absolute Gasteiger partial charge is 0.378 e. The molecule has 0 aromatic heterocycles. The summed E-state index contributed by atoms with van der Waals surface area (Å²) >= 11 is 0. The van der Waals surface area contributed by atoms with Gasteiger partial charge in [0.05, 0.1) is 12.2 Å². The molecule has 21 heavy (non-hydrogen) atoms. The minimum Gasteiger partial charge on any atom is -0.378 e. The van der Waals surface area contributed by atoms with Gasteiger partial charge in [0.1, 0.15) is 0 Å². The molecule has 1 aromatic rings. The number of ketones is 1. The highest BCUT2D eigenvalue weighted by Crippen LogP contribution is 2.37. The Hall–Kier alpha value is -1.23. The van der Waals surface area contributed by atoms with Gasteiger partial charge in [-0.3, -0.25) is 4.79 Å². The van der Waals surface area contributed by atoms with Crippen LogP contribution in [0.25, 0.3) is 0 Å². The molecule has 2 atom stereocenters. The molecular formula is C17H21NO3. The first-order chi connectivity index (χ1) is 10.3. The van der Waals surface area contributed by atoms with Crippen molar-refractivity contribution in [2.75, 3.05) is 19.8 Å². The Morgan fingerprint density at radius 1 is 1.24 bits per heavy atom. The highest BCUT2D eigenvalue weighted by atomic mass is 16.6. The summed E-state index contributed by atoms with van der Waals surface area (Å²) in [5.41, 5.74) is 3.25. The van der Waals surface area contributed by atoms with E-state index in [0.717, 1.165) is 44.5 Å². The Kier molecular flexibility index (Phi) is 3.32. The highest BCUT2D eigenvalue weighted by Gasteiger charge is 2.43. The number of ether oxygens (including phenoxy) is 2. The molecule has 4 heteroatoms. The minimum atomic E-state index is -0.198. The van der Waals surface area contributed by atoms with Crippen molar-refractivity contribution in [3.63, 3.8) is 0 Å². The zero-order valence-electron chi connectivity index (χ0n) is 12.2. The van der Waals surface area contributed by atoms with Crippen LogP contribution in [0.1, 0.15) is 40.7 Å². The molecule has 0 amide bonds. The number of rotatable bonds is 2. The van der Waals surface area contributed by atoms with Gasteiger partial charge in [-0.05, 0) is 30.0 Å². The standard InChI is InChI=1S/C17H21NO3/c19-16(12-1-2-14-9-18-10-15(14)7-12)13-3-5-21-17(8-13)4-6-20-11-17/h1-2,7,13,18H,3-6,8-11H2. The van der Waals surface area contributed by atoms with Gasteiger partial charge in [-0.15, -0.1) is 0 Å². The molecule has 3 aliphatic rings. The summed E-state index contributed by atoms with van der Waals surface area (Å²) in [4.78, 5) is 12.8. The molecule has 4 rings (SSSR count). The van der Waals surface area contributed by atoms with Crippen LogP contribution in [0.5, 0.6) is 0 Å². The summed E-state index contributed by atoms with van der Waals surface area (Å²) in [6.45, 7) is 3.87. The summed E-state index contributed by atoms with van der Waals surface area (Å²) in [5.74, 6) is 0.354. The van der Waals surface area contributed by atoms with E-state index in [1.165, 1.54) is 11.1 Å². The van der Waals surface area contributed by atoms with Crippen LogP contribution >= 0.6 is 0 Å². The second-order valence-electron chi connectivity index (χ2n) is 6.48. The van der Waals surface area contributed by atoms with Gasteiger partial charge in [-0.1, -0.05) is 12.1 Å². The normalized spacial score (nSPS) is 31.5. The highest BCUT2D eigenvalue weighted by molar-refractivity contribution is 5.98. The maximum Gasteiger partial charge on any atom is 0.166 e. The first kappa shape index (κ1) is 13.4. The van der Waals surface area contributed by atoms with Gasteiger partial charge >= 0.3 is 0 Å². The number of carbonyl (C=O) groups excluding carboxylic acids is 1. The molecule has 4 nitrogen and oxygen atoms in total. The van der Waals surface area contributed by atoms with Gasteiger partial charge in [0.25, 0.3) is 0 Å². The summed E-state index contributed by atoms with van der Waals surface area (Å²) in [5, 5.41) is 3.33.